The van der Waals surface area contributed by atoms with Gasteiger partial charge in [0.25, 0.3) is 10.0 Å². The Morgan fingerprint density at radius 3 is 1.69 bits per heavy atom. The molecule has 0 saturated heterocycles. The largest absolute Gasteiger partial charge is 0.399 e. The molecule has 10 heteroatoms. The first-order chi connectivity index (χ1) is 12.1. The second-order valence-electron chi connectivity index (χ2n) is 4.52. The molecule has 2 aromatic rings. The fraction of sp³-hybridized carbons (Fsp3) is 0.125. The lowest BCUT2D eigenvalue weighted by molar-refractivity contribution is 0.608. The Bertz CT molecular complexity index is 844. The van der Waals surface area contributed by atoms with Crippen molar-refractivity contribution in [1.29, 1.82) is 0 Å². The van der Waals surface area contributed by atoms with E-state index >= 15 is 0 Å². The van der Waals surface area contributed by atoms with Crippen LogP contribution in [0.25, 0.3) is 0 Å². The number of hydrogen-bond acceptors (Lipinski definition) is 5. The van der Waals surface area contributed by atoms with Crippen molar-refractivity contribution in [3.8, 4) is 0 Å². The summed E-state index contributed by atoms with van der Waals surface area (Å²) in [6.45, 7) is 3.18. The minimum atomic E-state index is -3.36. The number of benzene rings is 2. The maximum absolute atomic E-state index is 10.9. The Balaban J connectivity index is 0.000000385. The molecule has 0 saturated carbocycles. The molecule has 3 N–H and O–H groups in total. The Morgan fingerprint density at radius 2 is 1.42 bits per heavy atom. The van der Waals surface area contributed by atoms with Crippen LogP contribution in [0, 0.1) is 0 Å². The van der Waals surface area contributed by atoms with Gasteiger partial charge in [0.05, 0.1) is 5.75 Å². The van der Waals surface area contributed by atoms with Crippen LogP contribution in [0.4, 0.5) is 11.4 Å². The Morgan fingerprint density at radius 1 is 0.962 bits per heavy atom. The van der Waals surface area contributed by atoms with Gasteiger partial charge in [-0.05, 0) is 24.3 Å². The molecule has 0 heterocycles. The van der Waals surface area contributed by atoms with Crippen molar-refractivity contribution in [1.82, 2.24) is 0 Å². The van der Waals surface area contributed by atoms with Gasteiger partial charge in [-0.25, -0.2) is 16.8 Å². The average Bonchev–Trinajstić information content (AvgIpc) is 2.56. The maximum atomic E-state index is 10.9. The smallest absolute Gasteiger partial charge is 0.254 e. The van der Waals surface area contributed by atoms with Gasteiger partial charge in [-0.3, -0.25) is 4.72 Å². The van der Waals surface area contributed by atoms with Crippen LogP contribution in [0.5, 0.6) is 0 Å². The lowest BCUT2D eigenvalue weighted by Gasteiger charge is -2.01. The van der Waals surface area contributed by atoms with Gasteiger partial charge in [-0.2, -0.15) is 0 Å². The Kier molecular flexibility index (Phi) is 11.7. The van der Waals surface area contributed by atoms with Gasteiger partial charge in [0.2, 0.25) is 9.05 Å². The zero-order chi connectivity index (χ0) is 20.1. The predicted octanol–water partition coefficient (Wildman–Crippen LogP) is 3.63. The van der Waals surface area contributed by atoms with Crippen molar-refractivity contribution >= 4 is 52.7 Å². The molecule has 26 heavy (non-hydrogen) atoms. The third-order valence-electron chi connectivity index (χ3n) is 2.37. The van der Waals surface area contributed by atoms with Crippen molar-refractivity contribution in [3.05, 3.63) is 72.7 Å². The molecule has 0 aliphatic carbocycles. The number of halogens is 2. The minimum Gasteiger partial charge on any atom is -0.399 e. The SMILES string of the molecule is C=CS(=O)(=O)Nc1ccccc1.Nc1ccccc1.O=S(=O)(Cl)CCCl. The number of nitrogens with one attached hydrogen (secondary N) is 1. The molecular weight excluding hydrogens is 419 g/mol. The van der Waals surface area contributed by atoms with E-state index in [4.69, 9.17) is 28.0 Å². The predicted molar refractivity (Wildman–Crippen MR) is 110 cm³/mol. The zero-order valence-corrected chi connectivity index (χ0v) is 16.9. The zero-order valence-electron chi connectivity index (χ0n) is 13.8. The molecule has 0 radical (unpaired) electrons. The molecular formula is C16H20Cl2N2O4S2. The molecule has 0 bridgehead atoms. The normalized spacial score (nSPS) is 10.4. The van der Waals surface area contributed by atoms with Gasteiger partial charge < -0.3 is 5.73 Å². The average molecular weight is 439 g/mol. The maximum Gasteiger partial charge on any atom is 0.254 e. The van der Waals surface area contributed by atoms with Crippen molar-refractivity contribution in [2.75, 3.05) is 22.1 Å². The molecule has 0 aromatic heterocycles. The molecule has 2 aromatic carbocycles. The molecule has 2 rings (SSSR count). The number of nitrogens with two attached hydrogens (primary N) is 1. The van der Waals surface area contributed by atoms with E-state index in [-0.39, 0.29) is 11.6 Å². The first-order valence-electron chi connectivity index (χ1n) is 7.09. The lowest BCUT2D eigenvalue weighted by Crippen LogP contribution is -2.07. The summed E-state index contributed by atoms with van der Waals surface area (Å²) in [6, 6.07) is 18.1. The number of anilines is 2. The number of nitrogen functional groups attached to an aromatic ring is 1. The summed E-state index contributed by atoms with van der Waals surface area (Å²) in [5.74, 6) is -0.0953. The second kappa shape index (κ2) is 12.6. The van der Waals surface area contributed by atoms with E-state index in [9.17, 15) is 16.8 Å². The second-order valence-corrected chi connectivity index (χ2v) is 9.42. The van der Waals surface area contributed by atoms with Crippen LogP contribution in [0.1, 0.15) is 0 Å². The molecule has 144 valence electrons. The van der Waals surface area contributed by atoms with Gasteiger partial charge in [0.15, 0.2) is 0 Å². The monoisotopic (exact) mass is 438 g/mol. The summed E-state index contributed by atoms with van der Waals surface area (Å²) in [6.07, 6.45) is 0. The van der Waals surface area contributed by atoms with Crippen LogP contribution in [0.15, 0.2) is 72.7 Å². The highest BCUT2D eigenvalue weighted by Crippen LogP contribution is 2.07. The first-order valence-corrected chi connectivity index (χ1v) is 11.6. The number of rotatable bonds is 5. The summed E-state index contributed by atoms with van der Waals surface area (Å²) in [4.78, 5) is 0. The van der Waals surface area contributed by atoms with E-state index in [2.05, 4.69) is 11.3 Å². The van der Waals surface area contributed by atoms with E-state index in [1.807, 2.05) is 36.4 Å². The summed E-state index contributed by atoms with van der Waals surface area (Å²) >= 11 is 5.02. The van der Waals surface area contributed by atoms with Crippen molar-refractivity contribution < 1.29 is 16.8 Å². The minimum absolute atomic E-state index is 0.0613. The molecule has 0 aliphatic rings. The van der Waals surface area contributed by atoms with Gasteiger partial charge in [-0.15, -0.1) is 11.6 Å². The van der Waals surface area contributed by atoms with Crippen LogP contribution >= 0.6 is 22.3 Å². The van der Waals surface area contributed by atoms with E-state index in [0.717, 1.165) is 11.1 Å². The summed E-state index contributed by atoms with van der Waals surface area (Å²) in [5, 5.41) is 0.875. The molecule has 0 aliphatic heterocycles. The molecule has 0 fully saturated rings. The van der Waals surface area contributed by atoms with Crippen molar-refractivity contribution in [3.63, 3.8) is 0 Å². The molecule has 6 nitrogen and oxygen atoms in total. The summed E-state index contributed by atoms with van der Waals surface area (Å²) in [5.41, 5.74) is 6.72. The van der Waals surface area contributed by atoms with Gasteiger partial charge in [-0.1, -0.05) is 43.0 Å². The van der Waals surface area contributed by atoms with Crippen LogP contribution in [0.2, 0.25) is 0 Å². The van der Waals surface area contributed by atoms with Crippen molar-refractivity contribution in [2.24, 2.45) is 0 Å². The van der Waals surface area contributed by atoms with Gasteiger partial charge in [0, 0.05) is 33.3 Å². The number of para-hydroxylation sites is 2. The highest BCUT2D eigenvalue weighted by atomic mass is 35.7. The highest BCUT2D eigenvalue weighted by Gasteiger charge is 2.02. The van der Waals surface area contributed by atoms with Crippen LogP contribution in [-0.2, 0) is 19.1 Å². The summed E-state index contributed by atoms with van der Waals surface area (Å²) in [7, 11) is -1.97. The number of hydrogen-bond donors (Lipinski definition) is 2. The third-order valence-corrected chi connectivity index (χ3v) is 4.90. The lowest BCUT2D eigenvalue weighted by atomic mass is 10.3. The van der Waals surface area contributed by atoms with E-state index in [0.29, 0.717) is 5.69 Å². The van der Waals surface area contributed by atoms with E-state index < -0.39 is 19.1 Å². The van der Waals surface area contributed by atoms with E-state index in [1.54, 1.807) is 24.3 Å². The molecule has 0 spiro atoms. The number of sulfonamides is 1. The fourth-order valence-corrected chi connectivity index (χ4v) is 3.07. The van der Waals surface area contributed by atoms with E-state index in [1.165, 1.54) is 0 Å². The Hall–Kier alpha value is -1.74. The number of alkyl halides is 1. The van der Waals surface area contributed by atoms with Crippen molar-refractivity contribution in [2.45, 2.75) is 0 Å². The van der Waals surface area contributed by atoms with Crippen LogP contribution in [-0.4, -0.2) is 28.5 Å². The van der Waals surface area contributed by atoms with Crippen LogP contribution in [0.3, 0.4) is 0 Å². The molecule has 0 unspecified atom stereocenters. The quantitative estimate of drug-likeness (QED) is 0.420. The third kappa shape index (κ3) is 14.6. The fourth-order valence-electron chi connectivity index (χ4n) is 1.26. The van der Waals surface area contributed by atoms with Gasteiger partial charge >= 0.3 is 0 Å². The topological polar surface area (TPSA) is 106 Å². The Labute approximate surface area is 164 Å². The highest BCUT2D eigenvalue weighted by molar-refractivity contribution is 8.13. The van der Waals surface area contributed by atoms with Gasteiger partial charge in [0.1, 0.15) is 0 Å². The molecule has 0 amide bonds. The molecule has 0 atom stereocenters. The first kappa shape index (κ1) is 24.3. The summed E-state index contributed by atoms with van der Waals surface area (Å²) < 4.78 is 44.0. The standard InChI is InChI=1S/C8H9NO2S.C6H7N.C2H4Cl2O2S/c1-2-12(10,11)9-8-6-4-3-5-7-8;7-6-4-2-1-3-5-6;3-1-2-7(4,5)6/h2-7,9H,1H2;1-5H,7H2;1-2H2. The van der Waals surface area contributed by atoms with Crippen LogP contribution < -0.4 is 10.5 Å².